The maximum absolute atomic E-state index is 6.41. The maximum atomic E-state index is 6.41. The fourth-order valence-corrected chi connectivity index (χ4v) is 10.8. The highest BCUT2D eigenvalue weighted by Gasteiger charge is 2.39. The molecule has 0 unspecified atom stereocenters. The fourth-order valence-electron chi connectivity index (χ4n) is 10.8. The average molecular weight is 834 g/mol. The molecular formula is C61H43N3O. The van der Waals surface area contributed by atoms with Crippen molar-refractivity contribution in [2.24, 2.45) is 0 Å². The van der Waals surface area contributed by atoms with Gasteiger partial charge in [0.15, 0.2) is 0 Å². The van der Waals surface area contributed by atoms with Gasteiger partial charge in [-0.2, -0.15) is 0 Å². The van der Waals surface area contributed by atoms with Crippen LogP contribution in [0.2, 0.25) is 0 Å². The summed E-state index contributed by atoms with van der Waals surface area (Å²) in [5, 5.41) is 6.99. The van der Waals surface area contributed by atoms with Crippen LogP contribution in [0, 0.1) is 0 Å². The number of rotatable bonds is 7. The van der Waals surface area contributed by atoms with Gasteiger partial charge in [-0.15, -0.1) is 0 Å². The minimum Gasteiger partial charge on any atom is -0.456 e. The van der Waals surface area contributed by atoms with Crippen LogP contribution in [0.4, 0.5) is 34.1 Å². The molecule has 0 aliphatic heterocycles. The first kappa shape index (κ1) is 37.2. The van der Waals surface area contributed by atoms with Crippen LogP contribution in [0.5, 0.6) is 0 Å². The summed E-state index contributed by atoms with van der Waals surface area (Å²) in [7, 11) is 0. The summed E-state index contributed by atoms with van der Waals surface area (Å²) in [5.74, 6) is 0. The van der Waals surface area contributed by atoms with Gasteiger partial charge in [-0.05, 0) is 125 Å². The van der Waals surface area contributed by atoms with Crippen molar-refractivity contribution in [3.8, 4) is 16.8 Å². The molecule has 4 heteroatoms. The molecule has 10 aromatic carbocycles. The monoisotopic (exact) mass is 833 g/mol. The van der Waals surface area contributed by atoms with Crippen molar-refractivity contribution in [3.63, 3.8) is 0 Å². The highest BCUT2D eigenvalue weighted by atomic mass is 16.3. The van der Waals surface area contributed by atoms with Gasteiger partial charge >= 0.3 is 0 Å². The number of benzene rings is 10. The van der Waals surface area contributed by atoms with E-state index in [1.165, 1.54) is 44.2 Å². The average Bonchev–Trinajstić information content (AvgIpc) is 3.97. The number of para-hydroxylation sites is 4. The molecule has 2 aromatic heterocycles. The number of furan rings is 1. The molecule has 1 aliphatic rings. The third-order valence-electron chi connectivity index (χ3n) is 13.7. The van der Waals surface area contributed by atoms with Gasteiger partial charge in [0.05, 0.1) is 22.4 Å². The zero-order chi connectivity index (χ0) is 43.2. The number of hydrogen-bond acceptors (Lipinski definition) is 3. The Kier molecular flexibility index (Phi) is 8.22. The number of fused-ring (bicyclic) bond motifs is 10. The predicted molar refractivity (Wildman–Crippen MR) is 272 cm³/mol. The summed E-state index contributed by atoms with van der Waals surface area (Å²) >= 11 is 0. The molecule has 65 heavy (non-hydrogen) atoms. The van der Waals surface area contributed by atoms with E-state index in [0.717, 1.165) is 72.4 Å². The van der Waals surface area contributed by atoms with Gasteiger partial charge < -0.3 is 18.8 Å². The van der Waals surface area contributed by atoms with E-state index < -0.39 is 0 Å². The lowest BCUT2D eigenvalue weighted by molar-refractivity contribution is 0.661. The Morgan fingerprint density at radius 3 is 1.83 bits per heavy atom. The number of anilines is 6. The van der Waals surface area contributed by atoms with Gasteiger partial charge in [0.25, 0.3) is 0 Å². The summed E-state index contributed by atoms with van der Waals surface area (Å²) < 4.78 is 8.80. The lowest BCUT2D eigenvalue weighted by Gasteiger charge is -2.33. The Hall–Kier alpha value is -8.34. The van der Waals surface area contributed by atoms with E-state index in [1.807, 2.05) is 6.07 Å². The van der Waals surface area contributed by atoms with Crippen molar-refractivity contribution in [3.05, 3.63) is 236 Å². The lowest BCUT2D eigenvalue weighted by atomic mass is 9.81. The van der Waals surface area contributed by atoms with E-state index in [1.54, 1.807) is 0 Å². The zero-order valence-corrected chi connectivity index (χ0v) is 36.1. The fraction of sp³-hybridized carbons (Fsp3) is 0.0492. The third-order valence-corrected chi connectivity index (χ3v) is 13.7. The first-order chi connectivity index (χ1) is 32.0. The van der Waals surface area contributed by atoms with Crippen LogP contribution in [0.15, 0.2) is 229 Å². The van der Waals surface area contributed by atoms with Crippen LogP contribution in [0.3, 0.4) is 0 Å². The standard InChI is InChI=1S/C61H43N3O/c1-61(2)53-26-12-9-22-46(53)50-25-16-29-56(60(50)61)63(55-28-15-17-40-37-59-52(39-51(40)55)49-24-11-14-30-58(49)65-59)44-33-31-43(32-34-44)62(41-18-5-3-6-19-41)45-35-36-48-47-23-10-13-27-54(47)64(57(48)38-45)42-20-7-4-8-21-42/h3-39H,1-2H3. The Labute approximate surface area is 377 Å². The van der Waals surface area contributed by atoms with E-state index in [2.05, 4.69) is 247 Å². The summed E-state index contributed by atoms with van der Waals surface area (Å²) in [5.41, 5.74) is 16.9. The summed E-state index contributed by atoms with van der Waals surface area (Å²) in [6.07, 6.45) is 0. The first-order valence-corrected chi connectivity index (χ1v) is 22.4. The van der Waals surface area contributed by atoms with Crippen LogP contribution in [-0.4, -0.2) is 4.57 Å². The summed E-state index contributed by atoms with van der Waals surface area (Å²) in [6.45, 7) is 4.75. The molecule has 308 valence electrons. The molecule has 4 nitrogen and oxygen atoms in total. The van der Waals surface area contributed by atoms with Crippen molar-refractivity contribution < 1.29 is 4.42 Å². The van der Waals surface area contributed by atoms with Crippen LogP contribution in [-0.2, 0) is 5.41 Å². The van der Waals surface area contributed by atoms with Crippen molar-refractivity contribution in [2.75, 3.05) is 9.80 Å². The number of aromatic nitrogens is 1. The highest BCUT2D eigenvalue weighted by molar-refractivity contribution is 6.14. The molecular weight excluding hydrogens is 791 g/mol. The molecule has 0 radical (unpaired) electrons. The van der Waals surface area contributed by atoms with Gasteiger partial charge in [-0.1, -0.05) is 141 Å². The Bertz CT molecular complexity index is 3810. The van der Waals surface area contributed by atoms with Crippen molar-refractivity contribution in [1.82, 2.24) is 4.57 Å². The van der Waals surface area contributed by atoms with E-state index in [9.17, 15) is 0 Å². The summed E-state index contributed by atoms with van der Waals surface area (Å²) in [6, 6.07) is 81.4. The Balaban J connectivity index is 1.02. The molecule has 0 saturated carbocycles. The topological polar surface area (TPSA) is 24.6 Å². The molecule has 0 bridgehead atoms. The summed E-state index contributed by atoms with van der Waals surface area (Å²) in [4.78, 5) is 4.86. The quantitative estimate of drug-likeness (QED) is 0.160. The van der Waals surface area contributed by atoms with Crippen molar-refractivity contribution >= 4 is 88.6 Å². The van der Waals surface area contributed by atoms with Crippen LogP contribution in [0.25, 0.3) is 71.3 Å². The van der Waals surface area contributed by atoms with E-state index >= 15 is 0 Å². The Morgan fingerprint density at radius 1 is 0.385 bits per heavy atom. The largest absolute Gasteiger partial charge is 0.456 e. The van der Waals surface area contributed by atoms with E-state index in [4.69, 9.17) is 4.42 Å². The van der Waals surface area contributed by atoms with Crippen LogP contribution >= 0.6 is 0 Å². The van der Waals surface area contributed by atoms with Crippen LogP contribution in [0.1, 0.15) is 25.0 Å². The van der Waals surface area contributed by atoms with Gasteiger partial charge in [-0.3, -0.25) is 0 Å². The first-order valence-electron chi connectivity index (χ1n) is 22.4. The molecule has 13 rings (SSSR count). The van der Waals surface area contributed by atoms with E-state index in [-0.39, 0.29) is 5.41 Å². The molecule has 0 amide bonds. The van der Waals surface area contributed by atoms with E-state index in [0.29, 0.717) is 0 Å². The van der Waals surface area contributed by atoms with Gasteiger partial charge in [0.1, 0.15) is 11.2 Å². The van der Waals surface area contributed by atoms with Gasteiger partial charge in [0, 0.05) is 60.8 Å². The predicted octanol–water partition coefficient (Wildman–Crippen LogP) is 17.1. The lowest BCUT2D eigenvalue weighted by Crippen LogP contribution is -2.21. The minimum atomic E-state index is -0.232. The second kappa shape index (κ2) is 14.3. The van der Waals surface area contributed by atoms with Crippen molar-refractivity contribution in [1.29, 1.82) is 0 Å². The Morgan fingerprint density at radius 2 is 1.00 bits per heavy atom. The molecule has 0 N–H and O–H groups in total. The zero-order valence-electron chi connectivity index (χ0n) is 36.1. The molecule has 0 fully saturated rings. The molecule has 1 aliphatic carbocycles. The SMILES string of the molecule is CC1(C)c2ccccc2-c2cccc(N(c3ccc(N(c4ccccc4)c4ccc5c6ccccc6n(-c6ccccc6)c5c4)cc3)c3cccc4cc5oc6ccccc6c5cc34)c21. The van der Waals surface area contributed by atoms with Gasteiger partial charge in [-0.25, -0.2) is 0 Å². The minimum absolute atomic E-state index is 0.232. The van der Waals surface area contributed by atoms with Crippen molar-refractivity contribution in [2.45, 2.75) is 19.3 Å². The smallest absolute Gasteiger partial charge is 0.136 e. The number of nitrogens with zero attached hydrogens (tertiary/aromatic N) is 3. The second-order valence-electron chi connectivity index (χ2n) is 17.7. The molecule has 0 spiro atoms. The third kappa shape index (κ3) is 5.70. The maximum Gasteiger partial charge on any atom is 0.136 e. The molecule has 0 atom stereocenters. The van der Waals surface area contributed by atoms with Gasteiger partial charge in [0.2, 0.25) is 0 Å². The number of hydrogen-bond donors (Lipinski definition) is 0. The highest BCUT2D eigenvalue weighted by Crippen LogP contribution is 2.55. The molecule has 12 aromatic rings. The molecule has 2 heterocycles. The second-order valence-corrected chi connectivity index (χ2v) is 17.7. The normalized spacial score (nSPS) is 12.9. The van der Waals surface area contributed by atoms with Crippen LogP contribution < -0.4 is 9.80 Å². The molecule has 0 saturated heterocycles.